The molecule has 0 N–H and O–H groups in total. The number of hydrogen-bond acceptors (Lipinski definition) is 3. The van der Waals surface area contributed by atoms with Gasteiger partial charge in [0, 0.05) is 18.8 Å². The fourth-order valence-electron chi connectivity index (χ4n) is 7.81. The maximum absolute atomic E-state index is 12.5. The van der Waals surface area contributed by atoms with Crippen molar-refractivity contribution >= 4 is 11.8 Å². The van der Waals surface area contributed by atoms with Crippen LogP contribution in [-0.4, -0.2) is 17.9 Å². The van der Waals surface area contributed by atoms with Gasteiger partial charge in [-0.15, -0.1) is 0 Å². The molecule has 0 bridgehead atoms. The molecule has 4 saturated carbocycles. The second-order valence-corrected chi connectivity index (χ2v) is 10.1. The highest BCUT2D eigenvalue weighted by molar-refractivity contribution is 5.87. The first kappa shape index (κ1) is 17.5. The maximum Gasteiger partial charge on any atom is 0.302 e. The highest BCUT2D eigenvalue weighted by Crippen LogP contribution is 2.66. The van der Waals surface area contributed by atoms with Gasteiger partial charge in [0.05, 0.1) is 0 Å². The number of carbonyl (C=O) groups excluding carboxylic acids is 2. The highest BCUT2D eigenvalue weighted by Gasteiger charge is 2.61. The topological polar surface area (TPSA) is 43.4 Å². The normalized spacial score (nSPS) is 52.1. The minimum absolute atomic E-state index is 0.0287. The quantitative estimate of drug-likeness (QED) is 0.642. The molecule has 0 aromatic rings. The molecule has 8 atom stereocenters. The minimum Gasteiger partial charge on any atom is -0.463 e. The zero-order valence-electron chi connectivity index (χ0n) is 16.3. The molecular weight excluding hydrogens is 312 g/mol. The average Bonchev–Trinajstić information content (AvgIpc) is 2.84. The molecule has 4 fully saturated rings. The number of ketones is 1. The van der Waals surface area contributed by atoms with E-state index in [4.69, 9.17) is 4.74 Å². The van der Waals surface area contributed by atoms with Crippen LogP contribution in [0.5, 0.6) is 0 Å². The summed E-state index contributed by atoms with van der Waals surface area (Å²) in [5.74, 6) is 3.84. The van der Waals surface area contributed by atoms with E-state index in [9.17, 15) is 9.59 Å². The molecule has 4 aliphatic carbocycles. The number of rotatable bonds is 1. The third-order valence-corrected chi connectivity index (χ3v) is 9.03. The van der Waals surface area contributed by atoms with Crippen molar-refractivity contribution in [3.63, 3.8) is 0 Å². The standard InChI is InChI=1S/C22H34O3/c1-13-11-16-17-5-6-20(24)22(17,4)10-8-18(16)21(3)9-7-15(12-19(13)21)25-14(2)23/h13,15-19H,5-12H2,1-4H3/t13?,15-,16-,17-,18-,19?,21+,22-/m0/s1. The Morgan fingerprint density at radius 3 is 2.52 bits per heavy atom. The lowest BCUT2D eigenvalue weighted by molar-refractivity contribution is -0.167. The van der Waals surface area contributed by atoms with Crippen LogP contribution in [0.4, 0.5) is 0 Å². The summed E-state index contributed by atoms with van der Waals surface area (Å²) in [4.78, 5) is 23.9. The van der Waals surface area contributed by atoms with E-state index in [1.807, 2.05) is 0 Å². The number of hydrogen-bond donors (Lipinski definition) is 0. The van der Waals surface area contributed by atoms with Gasteiger partial charge in [0.2, 0.25) is 0 Å². The molecule has 4 rings (SSSR count). The van der Waals surface area contributed by atoms with Gasteiger partial charge in [0.15, 0.2) is 0 Å². The van der Waals surface area contributed by atoms with Crippen molar-refractivity contribution in [1.29, 1.82) is 0 Å². The van der Waals surface area contributed by atoms with E-state index in [0.29, 0.717) is 29.0 Å². The molecule has 4 aliphatic rings. The van der Waals surface area contributed by atoms with Crippen LogP contribution in [0.1, 0.15) is 79.1 Å². The van der Waals surface area contributed by atoms with E-state index in [-0.39, 0.29) is 17.5 Å². The lowest BCUT2D eigenvalue weighted by Gasteiger charge is -2.62. The van der Waals surface area contributed by atoms with Gasteiger partial charge < -0.3 is 4.74 Å². The summed E-state index contributed by atoms with van der Waals surface area (Å²) in [7, 11) is 0. The molecule has 0 heterocycles. The number of esters is 1. The Morgan fingerprint density at radius 2 is 1.80 bits per heavy atom. The lowest BCUT2D eigenvalue weighted by atomic mass is 9.43. The SMILES string of the molecule is CC(=O)O[C@H]1CC[C@@]2(C)C(C1)C(C)C[C@@H]1[C@@H]2CC[C@]2(C)C(=O)CC[C@@H]12. The summed E-state index contributed by atoms with van der Waals surface area (Å²) in [5, 5.41) is 0. The highest BCUT2D eigenvalue weighted by atomic mass is 16.5. The molecule has 0 saturated heterocycles. The first-order chi connectivity index (χ1) is 11.8. The Balaban J connectivity index is 1.59. The van der Waals surface area contributed by atoms with Crippen LogP contribution in [0.15, 0.2) is 0 Å². The van der Waals surface area contributed by atoms with Gasteiger partial charge >= 0.3 is 5.97 Å². The van der Waals surface area contributed by atoms with Crippen molar-refractivity contribution in [1.82, 2.24) is 0 Å². The predicted octanol–water partition coefficient (Wildman–Crippen LogP) is 4.78. The molecule has 3 nitrogen and oxygen atoms in total. The molecule has 0 aromatic heterocycles. The molecule has 0 amide bonds. The Morgan fingerprint density at radius 1 is 1.04 bits per heavy atom. The molecule has 3 heteroatoms. The molecule has 0 radical (unpaired) electrons. The van der Waals surface area contributed by atoms with E-state index in [1.54, 1.807) is 0 Å². The van der Waals surface area contributed by atoms with Crippen LogP contribution >= 0.6 is 0 Å². The molecular formula is C22H34O3. The van der Waals surface area contributed by atoms with Crippen LogP contribution in [0.2, 0.25) is 0 Å². The second kappa shape index (κ2) is 5.82. The minimum atomic E-state index is -0.132. The Labute approximate surface area is 152 Å². The molecule has 0 aliphatic heterocycles. The zero-order valence-corrected chi connectivity index (χ0v) is 16.3. The molecule has 25 heavy (non-hydrogen) atoms. The summed E-state index contributed by atoms with van der Waals surface area (Å²) in [5.41, 5.74) is 0.338. The summed E-state index contributed by atoms with van der Waals surface area (Å²) in [6.45, 7) is 8.74. The van der Waals surface area contributed by atoms with Crippen molar-refractivity contribution < 1.29 is 14.3 Å². The Bertz CT molecular complexity index is 584. The van der Waals surface area contributed by atoms with E-state index < -0.39 is 0 Å². The molecule has 140 valence electrons. The summed E-state index contributed by atoms with van der Waals surface area (Å²) < 4.78 is 5.59. The fourth-order valence-corrected chi connectivity index (χ4v) is 7.81. The first-order valence-corrected chi connectivity index (χ1v) is 10.5. The smallest absolute Gasteiger partial charge is 0.302 e. The maximum atomic E-state index is 12.5. The van der Waals surface area contributed by atoms with Crippen LogP contribution in [0.25, 0.3) is 0 Å². The third-order valence-electron chi connectivity index (χ3n) is 9.03. The number of Topliss-reactive ketones (excluding diaryl/α,β-unsaturated/α-hetero) is 1. The van der Waals surface area contributed by atoms with Crippen LogP contribution < -0.4 is 0 Å². The van der Waals surface area contributed by atoms with E-state index in [2.05, 4.69) is 20.8 Å². The van der Waals surface area contributed by atoms with Crippen molar-refractivity contribution in [2.45, 2.75) is 85.2 Å². The van der Waals surface area contributed by atoms with Gasteiger partial charge in [0.25, 0.3) is 0 Å². The van der Waals surface area contributed by atoms with Gasteiger partial charge in [-0.25, -0.2) is 0 Å². The van der Waals surface area contributed by atoms with Crippen LogP contribution in [0.3, 0.4) is 0 Å². The third kappa shape index (κ3) is 2.51. The van der Waals surface area contributed by atoms with Crippen molar-refractivity contribution in [2.75, 3.05) is 0 Å². The van der Waals surface area contributed by atoms with Crippen molar-refractivity contribution in [2.24, 2.45) is 40.4 Å². The van der Waals surface area contributed by atoms with Gasteiger partial charge in [0.1, 0.15) is 11.9 Å². The second-order valence-electron chi connectivity index (χ2n) is 10.1. The fraction of sp³-hybridized carbons (Fsp3) is 0.909. The lowest BCUT2D eigenvalue weighted by Crippen LogP contribution is -2.56. The monoisotopic (exact) mass is 346 g/mol. The van der Waals surface area contributed by atoms with Gasteiger partial charge in [-0.1, -0.05) is 20.8 Å². The van der Waals surface area contributed by atoms with E-state index in [0.717, 1.165) is 43.9 Å². The van der Waals surface area contributed by atoms with E-state index in [1.165, 1.54) is 26.2 Å². The summed E-state index contributed by atoms with van der Waals surface area (Å²) in [6, 6.07) is 0. The van der Waals surface area contributed by atoms with Crippen LogP contribution in [0, 0.1) is 40.4 Å². The van der Waals surface area contributed by atoms with Gasteiger partial charge in [-0.05, 0) is 80.0 Å². The zero-order chi connectivity index (χ0) is 18.0. The predicted molar refractivity (Wildman–Crippen MR) is 96.8 cm³/mol. The van der Waals surface area contributed by atoms with Crippen LogP contribution in [-0.2, 0) is 14.3 Å². The van der Waals surface area contributed by atoms with Crippen molar-refractivity contribution in [3.05, 3.63) is 0 Å². The van der Waals surface area contributed by atoms with E-state index >= 15 is 0 Å². The molecule has 0 spiro atoms. The first-order valence-electron chi connectivity index (χ1n) is 10.5. The van der Waals surface area contributed by atoms with Gasteiger partial charge in [-0.2, -0.15) is 0 Å². The molecule has 2 unspecified atom stereocenters. The summed E-state index contributed by atoms with van der Waals surface area (Å²) in [6.07, 6.45) is 8.89. The number of carbonyl (C=O) groups is 2. The number of fused-ring (bicyclic) bond motifs is 5. The Hall–Kier alpha value is -0.860. The molecule has 0 aromatic carbocycles. The number of ether oxygens (including phenoxy) is 1. The van der Waals surface area contributed by atoms with Crippen molar-refractivity contribution in [3.8, 4) is 0 Å². The Kier molecular flexibility index (Phi) is 4.09. The van der Waals surface area contributed by atoms with Gasteiger partial charge in [-0.3, -0.25) is 9.59 Å². The average molecular weight is 347 g/mol. The largest absolute Gasteiger partial charge is 0.463 e. The summed E-state index contributed by atoms with van der Waals surface area (Å²) >= 11 is 0.